The van der Waals surface area contributed by atoms with E-state index < -0.39 is 23.2 Å². The van der Waals surface area contributed by atoms with Crippen LogP contribution >= 0.6 is 11.3 Å². The van der Waals surface area contributed by atoms with Gasteiger partial charge >= 0.3 is 12.2 Å². The van der Waals surface area contributed by atoms with E-state index in [1.54, 1.807) is 49.9 Å². The second-order valence-electron chi connectivity index (χ2n) is 9.67. The molecule has 0 saturated heterocycles. The molecule has 2 aromatic rings. The normalized spacial score (nSPS) is 13.7. The van der Waals surface area contributed by atoms with Crippen molar-refractivity contribution in [1.82, 2.24) is 9.88 Å². The van der Waals surface area contributed by atoms with E-state index in [1.807, 2.05) is 20.8 Å². The summed E-state index contributed by atoms with van der Waals surface area (Å²) in [6.07, 6.45) is -0.444. The minimum Gasteiger partial charge on any atom is -0.444 e. The van der Waals surface area contributed by atoms with Crippen molar-refractivity contribution in [3.8, 4) is 0 Å². The van der Waals surface area contributed by atoms with E-state index in [0.29, 0.717) is 30.9 Å². The molecule has 0 unspecified atom stereocenters. The lowest BCUT2D eigenvalue weighted by atomic mass is 10.2. The van der Waals surface area contributed by atoms with E-state index in [-0.39, 0.29) is 11.1 Å². The maximum atomic E-state index is 12.9. The fraction of sp³-hybridized carbons (Fsp3) is 0.478. The maximum Gasteiger partial charge on any atom is 0.412 e. The largest absolute Gasteiger partial charge is 0.444 e. The average molecular weight is 475 g/mol. The van der Waals surface area contributed by atoms with Crippen LogP contribution < -0.4 is 10.6 Å². The van der Waals surface area contributed by atoms with Crippen molar-refractivity contribution in [1.29, 1.82) is 0 Å². The molecule has 0 saturated carbocycles. The molecule has 3 rings (SSSR count). The van der Waals surface area contributed by atoms with Gasteiger partial charge in [0.2, 0.25) is 0 Å². The molecule has 0 bridgehead atoms. The van der Waals surface area contributed by atoms with Gasteiger partial charge in [0.1, 0.15) is 11.2 Å². The van der Waals surface area contributed by atoms with Crippen molar-refractivity contribution in [2.75, 3.05) is 17.2 Å². The summed E-state index contributed by atoms with van der Waals surface area (Å²) in [4.78, 5) is 44.4. The van der Waals surface area contributed by atoms with Crippen LogP contribution in [-0.4, -0.2) is 45.7 Å². The van der Waals surface area contributed by atoms with Crippen molar-refractivity contribution >= 4 is 40.8 Å². The predicted molar refractivity (Wildman–Crippen MR) is 127 cm³/mol. The Bertz CT molecular complexity index is 1050. The molecule has 0 spiro atoms. The number of nitrogens with one attached hydrogen (secondary N) is 2. The Morgan fingerprint density at radius 1 is 0.970 bits per heavy atom. The number of ether oxygens (including phenoxy) is 2. The molecular formula is C23H30N4O5S. The van der Waals surface area contributed by atoms with Crippen LogP contribution in [0.4, 0.5) is 21.0 Å². The lowest BCUT2D eigenvalue weighted by molar-refractivity contribution is 0.0225. The standard InChI is InChI=1S/C23H30N4O5S/c1-22(2,3)31-20(29)26-15-10-8-7-9-14(15)24-18(28)19-25-16-11-12-27(13-17(16)33-19)21(30)32-23(4,5)6/h7-10H,11-13H2,1-6H3,(H,24,28)(H,26,29). The highest BCUT2D eigenvalue weighted by atomic mass is 32.1. The summed E-state index contributed by atoms with van der Waals surface area (Å²) >= 11 is 1.24. The Morgan fingerprint density at radius 2 is 1.58 bits per heavy atom. The molecule has 9 nitrogen and oxygen atoms in total. The Labute approximate surface area is 197 Å². The summed E-state index contributed by atoms with van der Waals surface area (Å²) in [7, 11) is 0. The van der Waals surface area contributed by atoms with Gasteiger partial charge in [0.05, 0.1) is 23.6 Å². The third-order valence-corrected chi connectivity index (χ3v) is 5.47. The Hall–Kier alpha value is -3.14. The van der Waals surface area contributed by atoms with Gasteiger partial charge in [-0.15, -0.1) is 11.3 Å². The minimum atomic E-state index is -0.643. The van der Waals surface area contributed by atoms with Gasteiger partial charge in [0.25, 0.3) is 5.91 Å². The van der Waals surface area contributed by atoms with Crippen LogP contribution in [0.1, 0.15) is 61.9 Å². The highest BCUT2D eigenvalue weighted by molar-refractivity contribution is 7.13. The molecule has 0 aliphatic carbocycles. The smallest absolute Gasteiger partial charge is 0.412 e. The molecule has 1 aliphatic rings. The summed E-state index contributed by atoms with van der Waals surface area (Å²) in [6, 6.07) is 6.85. The number of thiazole rings is 1. The zero-order chi connectivity index (χ0) is 24.4. The highest BCUT2D eigenvalue weighted by Crippen LogP contribution is 2.28. The molecule has 2 N–H and O–H groups in total. The Morgan fingerprint density at radius 3 is 2.18 bits per heavy atom. The first kappa shape index (κ1) is 24.5. The summed E-state index contributed by atoms with van der Waals surface area (Å²) in [5, 5.41) is 5.75. The number of hydrogen-bond donors (Lipinski definition) is 2. The van der Waals surface area contributed by atoms with Crippen molar-refractivity contribution in [3.63, 3.8) is 0 Å². The van der Waals surface area contributed by atoms with E-state index in [2.05, 4.69) is 15.6 Å². The SMILES string of the molecule is CC(C)(C)OC(=O)Nc1ccccc1NC(=O)c1nc2c(s1)CN(C(=O)OC(C)(C)C)CC2. The molecule has 1 aromatic heterocycles. The first-order chi connectivity index (χ1) is 15.3. The number of aromatic nitrogens is 1. The van der Waals surface area contributed by atoms with Crippen LogP contribution in [-0.2, 0) is 22.4 Å². The number of carbonyl (C=O) groups excluding carboxylic acids is 3. The number of rotatable bonds is 3. The summed E-state index contributed by atoms with van der Waals surface area (Å²) in [5.74, 6) is -0.392. The molecular weight excluding hydrogens is 444 g/mol. The van der Waals surface area contributed by atoms with Gasteiger partial charge in [0, 0.05) is 17.8 Å². The van der Waals surface area contributed by atoms with Crippen molar-refractivity contribution < 1.29 is 23.9 Å². The van der Waals surface area contributed by atoms with Crippen molar-refractivity contribution in [3.05, 3.63) is 39.8 Å². The molecule has 2 heterocycles. The van der Waals surface area contributed by atoms with Gasteiger partial charge in [-0.3, -0.25) is 10.1 Å². The third-order valence-electron chi connectivity index (χ3n) is 4.39. The van der Waals surface area contributed by atoms with Gasteiger partial charge in [-0.25, -0.2) is 14.6 Å². The van der Waals surface area contributed by atoms with Crippen LogP contribution in [0.2, 0.25) is 0 Å². The number of hydrogen-bond acceptors (Lipinski definition) is 7. The highest BCUT2D eigenvalue weighted by Gasteiger charge is 2.29. The maximum absolute atomic E-state index is 12.9. The number of nitrogens with zero attached hydrogens (tertiary/aromatic N) is 2. The van der Waals surface area contributed by atoms with E-state index >= 15 is 0 Å². The molecule has 33 heavy (non-hydrogen) atoms. The monoisotopic (exact) mass is 474 g/mol. The zero-order valence-electron chi connectivity index (χ0n) is 19.8. The van der Waals surface area contributed by atoms with E-state index in [4.69, 9.17) is 9.47 Å². The molecule has 1 aliphatic heterocycles. The predicted octanol–water partition coefficient (Wildman–Crippen LogP) is 5.04. The van der Waals surface area contributed by atoms with Gasteiger partial charge in [-0.2, -0.15) is 0 Å². The summed E-state index contributed by atoms with van der Waals surface area (Å²) < 4.78 is 10.7. The zero-order valence-corrected chi connectivity index (χ0v) is 20.6. The summed E-state index contributed by atoms with van der Waals surface area (Å²) in [5.41, 5.74) is 0.436. The van der Waals surface area contributed by atoms with Crippen LogP contribution in [0.25, 0.3) is 0 Å². The van der Waals surface area contributed by atoms with E-state index in [0.717, 1.165) is 10.6 Å². The number of para-hydroxylation sites is 2. The fourth-order valence-electron chi connectivity index (χ4n) is 3.07. The van der Waals surface area contributed by atoms with Crippen molar-refractivity contribution in [2.24, 2.45) is 0 Å². The van der Waals surface area contributed by atoms with Gasteiger partial charge in [-0.1, -0.05) is 12.1 Å². The third kappa shape index (κ3) is 6.92. The van der Waals surface area contributed by atoms with E-state index in [9.17, 15) is 14.4 Å². The minimum absolute atomic E-state index is 0.290. The van der Waals surface area contributed by atoms with Crippen LogP contribution in [0, 0.1) is 0 Å². The Kier molecular flexibility index (Phi) is 6.97. The molecule has 0 radical (unpaired) electrons. The topological polar surface area (TPSA) is 110 Å². The number of fused-ring (bicyclic) bond motifs is 1. The first-order valence-electron chi connectivity index (χ1n) is 10.7. The van der Waals surface area contributed by atoms with E-state index in [1.165, 1.54) is 11.3 Å². The number of amides is 3. The van der Waals surface area contributed by atoms with Gasteiger partial charge < -0.3 is 19.7 Å². The molecule has 1 aromatic carbocycles. The Balaban J connectivity index is 1.69. The molecule has 10 heteroatoms. The lowest BCUT2D eigenvalue weighted by Gasteiger charge is -2.29. The van der Waals surface area contributed by atoms with Crippen LogP contribution in [0.15, 0.2) is 24.3 Å². The van der Waals surface area contributed by atoms with Crippen LogP contribution in [0.5, 0.6) is 0 Å². The second-order valence-corrected chi connectivity index (χ2v) is 10.8. The van der Waals surface area contributed by atoms with Crippen molar-refractivity contribution in [2.45, 2.75) is 65.7 Å². The molecule has 0 atom stereocenters. The number of carbonyl (C=O) groups is 3. The number of anilines is 2. The number of benzene rings is 1. The van der Waals surface area contributed by atoms with Crippen LogP contribution in [0.3, 0.4) is 0 Å². The average Bonchev–Trinajstić information content (AvgIpc) is 3.10. The first-order valence-corrected chi connectivity index (χ1v) is 11.5. The molecule has 3 amide bonds. The van der Waals surface area contributed by atoms with Gasteiger partial charge in [0.15, 0.2) is 5.01 Å². The molecule has 178 valence electrons. The molecule has 0 fully saturated rings. The second kappa shape index (κ2) is 9.38. The quantitative estimate of drug-likeness (QED) is 0.645. The summed E-state index contributed by atoms with van der Waals surface area (Å²) in [6.45, 7) is 11.6. The fourth-order valence-corrected chi connectivity index (χ4v) is 4.08. The lowest BCUT2D eigenvalue weighted by Crippen LogP contribution is -2.39. The van der Waals surface area contributed by atoms with Gasteiger partial charge in [-0.05, 0) is 53.7 Å².